The van der Waals surface area contributed by atoms with Crippen molar-refractivity contribution in [2.45, 2.75) is 25.4 Å². The summed E-state index contributed by atoms with van der Waals surface area (Å²) in [6, 6.07) is 14.0. The van der Waals surface area contributed by atoms with E-state index in [1.54, 1.807) is 42.5 Å². The van der Waals surface area contributed by atoms with Crippen LogP contribution in [-0.4, -0.2) is 55.1 Å². The number of anilines is 1. The number of aromatic nitrogens is 3. The number of amides is 1. The van der Waals surface area contributed by atoms with Crippen LogP contribution in [0.1, 0.15) is 12.8 Å². The summed E-state index contributed by atoms with van der Waals surface area (Å²) in [4.78, 5) is 15.2. The van der Waals surface area contributed by atoms with Crippen molar-refractivity contribution in [1.29, 1.82) is 0 Å². The zero-order chi connectivity index (χ0) is 21.4. The minimum atomic E-state index is -0.0500. The van der Waals surface area contributed by atoms with Gasteiger partial charge >= 0.3 is 0 Å². The molecule has 3 saturated heterocycles. The molecule has 4 unspecified atom stereocenters. The van der Waals surface area contributed by atoms with Gasteiger partial charge in [0.15, 0.2) is 0 Å². The molecule has 0 aliphatic carbocycles. The summed E-state index contributed by atoms with van der Waals surface area (Å²) in [5.74, 6) is 0.653. The summed E-state index contributed by atoms with van der Waals surface area (Å²) >= 11 is 0. The number of nitrogens with zero attached hydrogens (tertiary/aromatic N) is 4. The van der Waals surface area contributed by atoms with Crippen LogP contribution >= 0.6 is 0 Å². The normalized spacial score (nSPS) is 24.8. The molecular formula is C23H25N5O3. The minimum Gasteiger partial charge on any atom is -0.508 e. The van der Waals surface area contributed by atoms with E-state index < -0.39 is 0 Å². The number of rotatable bonds is 5. The number of phenolic OH excluding ortho intramolecular Hbond substituents is 2. The van der Waals surface area contributed by atoms with Crippen molar-refractivity contribution in [2.24, 2.45) is 11.8 Å². The number of hydrogen-bond donors (Lipinski definition) is 3. The van der Waals surface area contributed by atoms with Crippen molar-refractivity contribution in [2.75, 3.05) is 18.4 Å². The van der Waals surface area contributed by atoms with Gasteiger partial charge < -0.3 is 15.5 Å². The fourth-order valence-electron chi connectivity index (χ4n) is 4.84. The van der Waals surface area contributed by atoms with Crippen LogP contribution in [0.25, 0.3) is 11.3 Å². The highest BCUT2D eigenvalue weighted by Crippen LogP contribution is 2.37. The fourth-order valence-corrected chi connectivity index (χ4v) is 4.84. The number of carbonyl (C=O) groups excluding carboxylic acids is 1. The van der Waals surface area contributed by atoms with E-state index in [4.69, 9.17) is 0 Å². The van der Waals surface area contributed by atoms with Gasteiger partial charge in [-0.3, -0.25) is 14.4 Å². The summed E-state index contributed by atoms with van der Waals surface area (Å²) in [6.45, 7) is 2.44. The van der Waals surface area contributed by atoms with Crippen LogP contribution < -0.4 is 5.32 Å². The largest absolute Gasteiger partial charge is 0.508 e. The number of phenols is 2. The van der Waals surface area contributed by atoms with E-state index in [2.05, 4.69) is 20.5 Å². The molecule has 0 spiro atoms. The second kappa shape index (κ2) is 8.03. The standard InChI is InChI=1S/C23H25N5O3/c29-19-5-1-3-16(10-19)22-14-28(26-25-22)12-18-9-15-7-8-27(18)13-21(15)23(31)24-17-4-2-6-20(30)11-17/h1-6,10-11,14-15,18,21,29-30H,7-9,12-13H2,(H,24,31). The Morgan fingerprint density at radius 1 is 1.13 bits per heavy atom. The Hall–Kier alpha value is -3.39. The zero-order valence-electron chi connectivity index (χ0n) is 17.1. The van der Waals surface area contributed by atoms with Crippen LogP contribution in [0.5, 0.6) is 11.5 Å². The third kappa shape index (κ3) is 4.11. The molecule has 2 bridgehead atoms. The van der Waals surface area contributed by atoms with Gasteiger partial charge in [0.05, 0.1) is 18.7 Å². The van der Waals surface area contributed by atoms with Crippen molar-refractivity contribution in [1.82, 2.24) is 19.9 Å². The highest BCUT2D eigenvalue weighted by molar-refractivity contribution is 5.93. The molecule has 6 rings (SSSR count). The molecule has 3 fully saturated rings. The molecule has 31 heavy (non-hydrogen) atoms. The molecule has 1 amide bonds. The predicted octanol–water partition coefficient (Wildman–Crippen LogP) is 2.71. The Balaban J connectivity index is 1.23. The topological polar surface area (TPSA) is 104 Å². The van der Waals surface area contributed by atoms with E-state index in [1.807, 2.05) is 16.9 Å². The van der Waals surface area contributed by atoms with Crippen LogP contribution in [0.15, 0.2) is 54.7 Å². The smallest absolute Gasteiger partial charge is 0.229 e. The Labute approximate surface area is 180 Å². The number of benzene rings is 2. The lowest BCUT2D eigenvalue weighted by atomic mass is 9.75. The first-order chi connectivity index (χ1) is 15.0. The molecule has 3 aliphatic heterocycles. The lowest BCUT2D eigenvalue weighted by Crippen LogP contribution is -2.57. The van der Waals surface area contributed by atoms with Crippen molar-refractivity contribution >= 4 is 11.6 Å². The van der Waals surface area contributed by atoms with Crippen molar-refractivity contribution < 1.29 is 15.0 Å². The molecule has 4 atom stereocenters. The highest BCUT2D eigenvalue weighted by Gasteiger charge is 2.43. The summed E-state index contributed by atoms with van der Waals surface area (Å²) in [5.41, 5.74) is 2.19. The van der Waals surface area contributed by atoms with E-state index in [0.29, 0.717) is 17.6 Å². The fraction of sp³-hybridized carbons (Fsp3) is 0.348. The molecule has 1 aromatic heterocycles. The number of nitrogens with one attached hydrogen (secondary N) is 1. The number of hydrogen-bond acceptors (Lipinski definition) is 6. The zero-order valence-corrected chi connectivity index (χ0v) is 17.1. The number of piperidine rings is 3. The quantitative estimate of drug-likeness (QED) is 0.588. The maximum Gasteiger partial charge on any atom is 0.229 e. The predicted molar refractivity (Wildman–Crippen MR) is 115 cm³/mol. The Morgan fingerprint density at radius 2 is 1.94 bits per heavy atom. The second-order valence-electron chi connectivity index (χ2n) is 8.46. The monoisotopic (exact) mass is 419 g/mol. The van der Waals surface area contributed by atoms with Crippen LogP contribution in [0, 0.1) is 11.8 Å². The van der Waals surface area contributed by atoms with Gasteiger partial charge in [0.2, 0.25) is 5.91 Å². The molecule has 8 heteroatoms. The van der Waals surface area contributed by atoms with Gasteiger partial charge in [-0.15, -0.1) is 5.10 Å². The number of carbonyl (C=O) groups is 1. The molecule has 160 valence electrons. The Morgan fingerprint density at radius 3 is 2.68 bits per heavy atom. The lowest BCUT2D eigenvalue weighted by Gasteiger charge is -2.49. The van der Waals surface area contributed by atoms with Gasteiger partial charge in [0.1, 0.15) is 17.2 Å². The van der Waals surface area contributed by atoms with E-state index in [1.165, 1.54) is 0 Å². The Bertz CT molecular complexity index is 1100. The van der Waals surface area contributed by atoms with Gasteiger partial charge in [0.25, 0.3) is 0 Å². The maximum atomic E-state index is 12.9. The van der Waals surface area contributed by atoms with Gasteiger partial charge in [0, 0.05) is 29.9 Å². The maximum absolute atomic E-state index is 12.9. The van der Waals surface area contributed by atoms with Crippen LogP contribution in [-0.2, 0) is 11.3 Å². The number of fused-ring (bicyclic) bond motifs is 3. The van der Waals surface area contributed by atoms with E-state index in [0.717, 1.165) is 43.7 Å². The van der Waals surface area contributed by atoms with Crippen LogP contribution in [0.2, 0.25) is 0 Å². The molecule has 4 heterocycles. The molecule has 0 saturated carbocycles. The van der Waals surface area contributed by atoms with E-state index in [9.17, 15) is 15.0 Å². The third-order valence-electron chi connectivity index (χ3n) is 6.41. The van der Waals surface area contributed by atoms with Crippen molar-refractivity contribution in [3.63, 3.8) is 0 Å². The van der Waals surface area contributed by atoms with E-state index in [-0.39, 0.29) is 23.3 Å². The third-order valence-corrected chi connectivity index (χ3v) is 6.41. The molecule has 3 aromatic rings. The van der Waals surface area contributed by atoms with Crippen LogP contribution in [0.4, 0.5) is 5.69 Å². The van der Waals surface area contributed by atoms with Gasteiger partial charge in [-0.2, -0.15) is 0 Å². The molecule has 8 nitrogen and oxygen atoms in total. The second-order valence-corrected chi connectivity index (χ2v) is 8.46. The molecule has 0 radical (unpaired) electrons. The highest BCUT2D eigenvalue weighted by atomic mass is 16.3. The molecule has 3 aliphatic rings. The minimum absolute atomic E-state index is 0.0191. The van der Waals surface area contributed by atoms with E-state index >= 15 is 0 Å². The average molecular weight is 419 g/mol. The first-order valence-corrected chi connectivity index (χ1v) is 10.6. The van der Waals surface area contributed by atoms with Crippen LogP contribution in [0.3, 0.4) is 0 Å². The molecule has 3 N–H and O–H groups in total. The van der Waals surface area contributed by atoms with Crippen molar-refractivity contribution in [3.05, 3.63) is 54.7 Å². The first kappa shape index (κ1) is 19.6. The summed E-state index contributed by atoms with van der Waals surface area (Å²) in [7, 11) is 0. The molecular weight excluding hydrogens is 394 g/mol. The average Bonchev–Trinajstić information content (AvgIpc) is 3.23. The summed E-state index contributed by atoms with van der Waals surface area (Å²) < 4.78 is 1.85. The SMILES string of the molecule is O=C(Nc1cccc(O)c1)C1CN2CCC1CC2Cn1cc(-c2cccc(O)c2)nn1. The summed E-state index contributed by atoms with van der Waals surface area (Å²) in [5, 5.41) is 30.8. The first-order valence-electron chi connectivity index (χ1n) is 10.6. The van der Waals surface area contributed by atoms with Gasteiger partial charge in [-0.05, 0) is 49.6 Å². The van der Waals surface area contributed by atoms with Crippen molar-refractivity contribution in [3.8, 4) is 22.8 Å². The van der Waals surface area contributed by atoms with Gasteiger partial charge in [-0.25, -0.2) is 0 Å². The lowest BCUT2D eigenvalue weighted by molar-refractivity contribution is -0.127. The Kier molecular flexibility index (Phi) is 5.07. The number of aromatic hydroxyl groups is 2. The summed E-state index contributed by atoms with van der Waals surface area (Å²) in [6.07, 6.45) is 3.87. The van der Waals surface area contributed by atoms with Gasteiger partial charge in [-0.1, -0.05) is 23.4 Å². The molecule has 2 aromatic carbocycles.